The van der Waals surface area contributed by atoms with Gasteiger partial charge in [-0.1, -0.05) is 34.1 Å². The van der Waals surface area contributed by atoms with E-state index in [0.29, 0.717) is 19.4 Å². The summed E-state index contributed by atoms with van der Waals surface area (Å²) in [6, 6.07) is -0.353. The number of amides is 2. The topological polar surface area (TPSA) is 49.4 Å². The zero-order valence-electron chi connectivity index (χ0n) is 13.9. The van der Waals surface area contributed by atoms with Crippen LogP contribution in [0.5, 0.6) is 0 Å². The third-order valence-corrected chi connectivity index (χ3v) is 3.73. The second-order valence-electron chi connectivity index (χ2n) is 7.70. The Kier molecular flexibility index (Phi) is 5.22. The second kappa shape index (κ2) is 6.15. The minimum Gasteiger partial charge on any atom is -0.344 e. The highest BCUT2D eigenvalue weighted by Crippen LogP contribution is 2.32. The molecule has 1 aliphatic heterocycles. The van der Waals surface area contributed by atoms with Crippen molar-refractivity contribution >= 4 is 11.8 Å². The van der Waals surface area contributed by atoms with Gasteiger partial charge in [0.1, 0.15) is 6.04 Å². The number of nitrogens with zero attached hydrogens (tertiary/aromatic N) is 1. The van der Waals surface area contributed by atoms with Crippen LogP contribution in [-0.4, -0.2) is 34.8 Å². The molecular formula is C16H30N2O2. The monoisotopic (exact) mass is 282 g/mol. The van der Waals surface area contributed by atoms with E-state index >= 15 is 0 Å². The molecule has 0 saturated carbocycles. The Balaban J connectivity index is 2.96. The Morgan fingerprint density at radius 1 is 1.20 bits per heavy atom. The van der Waals surface area contributed by atoms with Gasteiger partial charge in [0.15, 0.2) is 0 Å². The Labute approximate surface area is 123 Å². The van der Waals surface area contributed by atoms with E-state index in [9.17, 15) is 9.59 Å². The van der Waals surface area contributed by atoms with Crippen LogP contribution in [0.15, 0.2) is 0 Å². The highest BCUT2D eigenvalue weighted by atomic mass is 16.2. The summed E-state index contributed by atoms with van der Waals surface area (Å²) in [6.07, 6.45) is 2.93. The Morgan fingerprint density at radius 3 is 2.30 bits per heavy atom. The normalized spacial score (nSPS) is 21.7. The molecule has 0 bridgehead atoms. The Bertz CT molecular complexity index is 369. The number of nitrogens with one attached hydrogen (secondary N) is 1. The van der Waals surface area contributed by atoms with Crippen molar-refractivity contribution < 1.29 is 9.59 Å². The molecule has 1 N–H and O–H groups in total. The van der Waals surface area contributed by atoms with Crippen LogP contribution >= 0.6 is 0 Å². The van der Waals surface area contributed by atoms with Crippen LogP contribution in [0.2, 0.25) is 0 Å². The van der Waals surface area contributed by atoms with Crippen LogP contribution in [0.25, 0.3) is 0 Å². The summed E-state index contributed by atoms with van der Waals surface area (Å²) in [7, 11) is 0. The second-order valence-corrected chi connectivity index (χ2v) is 7.70. The molecular weight excluding hydrogens is 252 g/mol. The number of carbonyl (C=O) groups is 2. The molecule has 1 saturated heterocycles. The Hall–Kier alpha value is -1.06. The molecule has 1 unspecified atom stereocenters. The SMILES string of the molecule is CCCC1NC(=O)CCN(C(C)(C)CC(C)(C)C)C1=O. The van der Waals surface area contributed by atoms with Crippen molar-refractivity contribution in [2.24, 2.45) is 5.41 Å². The molecule has 1 atom stereocenters. The molecule has 0 radical (unpaired) electrons. The number of hydrogen-bond acceptors (Lipinski definition) is 2. The Morgan fingerprint density at radius 2 is 1.80 bits per heavy atom. The summed E-state index contributed by atoms with van der Waals surface area (Å²) in [5, 5.41) is 2.86. The highest BCUT2D eigenvalue weighted by molar-refractivity contribution is 5.90. The number of rotatable bonds is 4. The zero-order valence-corrected chi connectivity index (χ0v) is 13.9. The summed E-state index contributed by atoms with van der Waals surface area (Å²) in [4.78, 5) is 26.4. The molecule has 1 heterocycles. The largest absolute Gasteiger partial charge is 0.344 e. The van der Waals surface area contributed by atoms with Crippen LogP contribution in [0.3, 0.4) is 0 Å². The fraction of sp³-hybridized carbons (Fsp3) is 0.875. The molecule has 116 valence electrons. The number of carbonyl (C=O) groups excluding carboxylic acids is 2. The van der Waals surface area contributed by atoms with Crippen molar-refractivity contribution in [2.75, 3.05) is 6.54 Å². The van der Waals surface area contributed by atoms with Gasteiger partial charge < -0.3 is 10.2 Å². The lowest BCUT2D eigenvalue weighted by atomic mass is 9.80. The van der Waals surface area contributed by atoms with E-state index in [1.54, 1.807) is 0 Å². The third kappa shape index (κ3) is 4.50. The van der Waals surface area contributed by atoms with Crippen LogP contribution in [0.1, 0.15) is 67.2 Å². The maximum Gasteiger partial charge on any atom is 0.245 e. The zero-order chi connectivity index (χ0) is 15.6. The minimum atomic E-state index is -0.353. The first kappa shape index (κ1) is 17.0. The van der Waals surface area contributed by atoms with Gasteiger partial charge in [-0.25, -0.2) is 0 Å². The molecule has 1 aliphatic rings. The van der Waals surface area contributed by atoms with Crippen molar-refractivity contribution in [3.63, 3.8) is 0 Å². The van der Waals surface area contributed by atoms with Gasteiger partial charge in [0, 0.05) is 18.5 Å². The fourth-order valence-corrected chi connectivity index (χ4v) is 3.32. The molecule has 0 spiro atoms. The summed E-state index contributed by atoms with van der Waals surface area (Å²) >= 11 is 0. The first-order chi connectivity index (χ1) is 9.07. The molecule has 1 fully saturated rings. The fourth-order valence-electron chi connectivity index (χ4n) is 3.32. The van der Waals surface area contributed by atoms with Gasteiger partial charge >= 0.3 is 0 Å². The first-order valence-electron chi connectivity index (χ1n) is 7.68. The van der Waals surface area contributed by atoms with Gasteiger partial charge in [-0.2, -0.15) is 0 Å². The predicted octanol–water partition coefficient (Wildman–Crippen LogP) is 2.72. The summed E-state index contributed by atoms with van der Waals surface area (Å²) < 4.78 is 0. The molecule has 4 nitrogen and oxygen atoms in total. The van der Waals surface area contributed by atoms with Gasteiger partial charge in [0.2, 0.25) is 11.8 Å². The lowest BCUT2D eigenvalue weighted by molar-refractivity contribution is -0.139. The summed E-state index contributed by atoms with van der Waals surface area (Å²) in [5.74, 6) is 0.0674. The van der Waals surface area contributed by atoms with E-state index in [-0.39, 0.29) is 28.8 Å². The van der Waals surface area contributed by atoms with E-state index in [0.717, 1.165) is 12.8 Å². The van der Waals surface area contributed by atoms with Crippen LogP contribution < -0.4 is 5.32 Å². The molecule has 4 heteroatoms. The smallest absolute Gasteiger partial charge is 0.245 e. The van der Waals surface area contributed by atoms with Crippen LogP contribution in [0.4, 0.5) is 0 Å². The minimum absolute atomic E-state index is 0.00846. The predicted molar refractivity (Wildman–Crippen MR) is 81.3 cm³/mol. The lowest BCUT2D eigenvalue weighted by Gasteiger charge is -2.42. The van der Waals surface area contributed by atoms with Crippen molar-refractivity contribution in [1.29, 1.82) is 0 Å². The molecule has 0 aliphatic carbocycles. The summed E-state index contributed by atoms with van der Waals surface area (Å²) in [5.41, 5.74) is -0.0819. The molecule has 0 aromatic heterocycles. The lowest BCUT2D eigenvalue weighted by Crippen LogP contribution is -2.54. The van der Waals surface area contributed by atoms with E-state index in [1.165, 1.54) is 0 Å². The van der Waals surface area contributed by atoms with Crippen LogP contribution in [-0.2, 0) is 9.59 Å². The number of hydrogen-bond donors (Lipinski definition) is 1. The van der Waals surface area contributed by atoms with Crippen molar-refractivity contribution in [2.45, 2.75) is 78.8 Å². The van der Waals surface area contributed by atoms with Crippen molar-refractivity contribution in [1.82, 2.24) is 10.2 Å². The van der Waals surface area contributed by atoms with Gasteiger partial charge in [-0.15, -0.1) is 0 Å². The van der Waals surface area contributed by atoms with E-state index < -0.39 is 0 Å². The van der Waals surface area contributed by atoms with Crippen LogP contribution in [0, 0.1) is 5.41 Å². The van der Waals surface area contributed by atoms with Gasteiger partial charge in [0.25, 0.3) is 0 Å². The average molecular weight is 282 g/mol. The van der Waals surface area contributed by atoms with Crippen molar-refractivity contribution in [3.8, 4) is 0 Å². The standard InChI is InChI=1S/C16H30N2O2/c1-7-8-12-14(20)18(10-9-13(19)17-12)16(5,6)11-15(2,3)4/h12H,7-11H2,1-6H3,(H,17,19). The molecule has 20 heavy (non-hydrogen) atoms. The van der Waals surface area contributed by atoms with E-state index in [1.807, 2.05) is 11.8 Å². The summed E-state index contributed by atoms with van der Waals surface area (Å²) in [6.45, 7) is 13.3. The van der Waals surface area contributed by atoms with E-state index in [4.69, 9.17) is 0 Å². The molecule has 0 aromatic rings. The first-order valence-corrected chi connectivity index (χ1v) is 7.68. The van der Waals surface area contributed by atoms with Crippen molar-refractivity contribution in [3.05, 3.63) is 0 Å². The molecule has 2 amide bonds. The molecule has 0 aromatic carbocycles. The highest BCUT2D eigenvalue weighted by Gasteiger charge is 2.39. The van der Waals surface area contributed by atoms with Gasteiger partial charge in [0.05, 0.1) is 0 Å². The van der Waals surface area contributed by atoms with Gasteiger partial charge in [-0.3, -0.25) is 9.59 Å². The molecule has 1 rings (SSSR count). The quantitative estimate of drug-likeness (QED) is 0.862. The third-order valence-electron chi connectivity index (χ3n) is 3.73. The maximum absolute atomic E-state index is 12.7. The van der Waals surface area contributed by atoms with Gasteiger partial charge in [-0.05, 0) is 32.1 Å². The maximum atomic E-state index is 12.7. The average Bonchev–Trinajstić information content (AvgIpc) is 2.37. The van der Waals surface area contributed by atoms with E-state index in [2.05, 4.69) is 39.9 Å².